The van der Waals surface area contributed by atoms with Gasteiger partial charge in [0.1, 0.15) is 0 Å². The Hall–Kier alpha value is -3.02. The van der Waals surface area contributed by atoms with Gasteiger partial charge >= 0.3 is 5.97 Å². The first kappa shape index (κ1) is 18.8. The van der Waals surface area contributed by atoms with E-state index in [1.165, 1.54) is 7.11 Å². The molecule has 2 aromatic carbocycles. The highest BCUT2D eigenvalue weighted by molar-refractivity contribution is 6.00. The lowest BCUT2D eigenvalue weighted by Crippen LogP contribution is -2.39. The van der Waals surface area contributed by atoms with Crippen LogP contribution in [0, 0.1) is 0 Å². The molecular weight excluding hydrogens is 346 g/mol. The van der Waals surface area contributed by atoms with E-state index in [4.69, 9.17) is 14.2 Å². The number of nitrogens with zero attached hydrogens (tertiary/aromatic N) is 1. The van der Waals surface area contributed by atoms with Crippen LogP contribution in [0.3, 0.4) is 0 Å². The van der Waals surface area contributed by atoms with Crippen molar-refractivity contribution in [2.45, 2.75) is 26.4 Å². The minimum absolute atomic E-state index is 0.230. The summed E-state index contributed by atoms with van der Waals surface area (Å²) >= 11 is 0. The molecule has 1 atom stereocenters. The molecule has 0 spiro atoms. The number of methoxy groups -OCH3 is 1. The van der Waals surface area contributed by atoms with Crippen molar-refractivity contribution in [1.82, 2.24) is 0 Å². The smallest absolute Gasteiger partial charge is 0.339 e. The Morgan fingerprint density at radius 3 is 2.67 bits per heavy atom. The summed E-state index contributed by atoms with van der Waals surface area (Å²) in [5.41, 5.74) is 2.31. The maximum absolute atomic E-state index is 12.7. The fraction of sp³-hybridized carbons (Fsp3) is 0.333. The van der Waals surface area contributed by atoms with E-state index in [2.05, 4.69) is 0 Å². The van der Waals surface area contributed by atoms with Crippen molar-refractivity contribution in [2.75, 3.05) is 25.2 Å². The second kappa shape index (κ2) is 8.12. The van der Waals surface area contributed by atoms with Gasteiger partial charge in [0.15, 0.2) is 17.6 Å². The molecule has 142 valence electrons. The van der Waals surface area contributed by atoms with E-state index < -0.39 is 12.1 Å². The summed E-state index contributed by atoms with van der Waals surface area (Å²) < 4.78 is 16.1. The number of hydrogen-bond donors (Lipinski definition) is 0. The van der Waals surface area contributed by atoms with Crippen molar-refractivity contribution < 1.29 is 23.8 Å². The first-order chi connectivity index (χ1) is 13.0. The minimum atomic E-state index is -0.888. The topological polar surface area (TPSA) is 65.1 Å². The molecule has 6 nitrogen and oxygen atoms in total. The van der Waals surface area contributed by atoms with Crippen LogP contribution in [0.5, 0.6) is 11.5 Å². The summed E-state index contributed by atoms with van der Waals surface area (Å²) in [6.07, 6.45) is -0.0835. The second-order valence-electron chi connectivity index (χ2n) is 6.21. The van der Waals surface area contributed by atoms with Gasteiger partial charge in [-0.2, -0.15) is 0 Å². The van der Waals surface area contributed by atoms with Crippen molar-refractivity contribution >= 4 is 17.6 Å². The quantitative estimate of drug-likeness (QED) is 0.732. The second-order valence-corrected chi connectivity index (χ2v) is 6.21. The molecule has 6 heteroatoms. The summed E-state index contributed by atoms with van der Waals surface area (Å²) in [5.74, 6) is 0.184. The predicted molar refractivity (Wildman–Crippen MR) is 102 cm³/mol. The van der Waals surface area contributed by atoms with Gasteiger partial charge in [-0.3, -0.25) is 4.79 Å². The Morgan fingerprint density at radius 1 is 1.15 bits per heavy atom. The Labute approximate surface area is 158 Å². The standard InChI is InChI=1S/C21H23NO5/c1-4-26-18-10-9-16(13-19(18)25-3)21(24)27-14(2)20(23)22-12-11-15-7-5-6-8-17(15)22/h5-10,13-14H,4,11-12H2,1-3H3. The number of hydrogen-bond acceptors (Lipinski definition) is 5. The van der Waals surface area contributed by atoms with Crippen molar-refractivity contribution in [2.24, 2.45) is 0 Å². The molecule has 1 heterocycles. The fourth-order valence-corrected chi connectivity index (χ4v) is 3.13. The van der Waals surface area contributed by atoms with Crippen LogP contribution in [-0.4, -0.2) is 38.2 Å². The molecule has 3 rings (SSSR count). The highest BCUT2D eigenvalue weighted by Gasteiger charge is 2.30. The average molecular weight is 369 g/mol. The number of anilines is 1. The molecule has 2 aromatic rings. The highest BCUT2D eigenvalue weighted by atomic mass is 16.5. The van der Waals surface area contributed by atoms with Crippen LogP contribution in [0.25, 0.3) is 0 Å². The van der Waals surface area contributed by atoms with Gasteiger partial charge in [-0.25, -0.2) is 4.79 Å². The van der Waals surface area contributed by atoms with Gasteiger partial charge in [0.25, 0.3) is 5.91 Å². The number of esters is 1. The number of carbonyl (C=O) groups excluding carboxylic acids is 2. The summed E-state index contributed by atoms with van der Waals surface area (Å²) in [4.78, 5) is 26.9. The van der Waals surface area contributed by atoms with Crippen LogP contribution in [0.15, 0.2) is 42.5 Å². The molecule has 0 saturated carbocycles. The van der Waals surface area contributed by atoms with E-state index in [0.29, 0.717) is 30.2 Å². The molecule has 0 radical (unpaired) electrons. The zero-order valence-corrected chi connectivity index (χ0v) is 15.7. The molecule has 0 aromatic heterocycles. The summed E-state index contributed by atoms with van der Waals surface area (Å²) in [6, 6.07) is 12.6. The molecule has 0 aliphatic carbocycles. The van der Waals surface area contributed by atoms with E-state index >= 15 is 0 Å². The van der Waals surface area contributed by atoms with Gasteiger partial charge < -0.3 is 19.1 Å². The van der Waals surface area contributed by atoms with Gasteiger partial charge in [0, 0.05) is 12.2 Å². The van der Waals surface area contributed by atoms with Crippen LogP contribution in [0.1, 0.15) is 29.8 Å². The van der Waals surface area contributed by atoms with Crippen LogP contribution >= 0.6 is 0 Å². The first-order valence-electron chi connectivity index (χ1n) is 8.96. The molecule has 0 fully saturated rings. The molecule has 1 unspecified atom stereocenters. The van der Waals surface area contributed by atoms with E-state index in [1.807, 2.05) is 31.2 Å². The lowest BCUT2D eigenvalue weighted by Gasteiger charge is -2.21. The Kier molecular flexibility index (Phi) is 5.64. The molecule has 27 heavy (non-hydrogen) atoms. The number of fused-ring (bicyclic) bond motifs is 1. The Bertz CT molecular complexity index is 848. The fourth-order valence-electron chi connectivity index (χ4n) is 3.13. The number of rotatable bonds is 6. The zero-order chi connectivity index (χ0) is 19.4. The van der Waals surface area contributed by atoms with Gasteiger partial charge in [0.05, 0.1) is 19.3 Å². The van der Waals surface area contributed by atoms with Crippen LogP contribution < -0.4 is 14.4 Å². The highest BCUT2D eigenvalue weighted by Crippen LogP contribution is 2.30. The Balaban J connectivity index is 1.70. The third kappa shape index (κ3) is 3.89. The SMILES string of the molecule is CCOc1ccc(C(=O)OC(C)C(=O)N2CCc3ccccc32)cc1OC. The summed E-state index contributed by atoms with van der Waals surface area (Å²) in [5, 5.41) is 0. The number of amides is 1. The zero-order valence-electron chi connectivity index (χ0n) is 15.7. The molecule has 0 bridgehead atoms. The van der Waals surface area contributed by atoms with E-state index in [-0.39, 0.29) is 5.91 Å². The number of ether oxygens (including phenoxy) is 3. The Morgan fingerprint density at radius 2 is 1.93 bits per heavy atom. The van der Waals surface area contributed by atoms with Crippen molar-refractivity contribution in [3.05, 3.63) is 53.6 Å². The largest absolute Gasteiger partial charge is 0.493 e. The molecule has 0 N–H and O–H groups in total. The molecular formula is C21H23NO5. The predicted octanol–water partition coefficient (Wildman–Crippen LogP) is 3.23. The monoisotopic (exact) mass is 369 g/mol. The third-order valence-electron chi connectivity index (χ3n) is 4.48. The number of benzene rings is 2. The van der Waals surface area contributed by atoms with Gasteiger partial charge in [0.2, 0.25) is 0 Å². The number of carbonyl (C=O) groups is 2. The maximum Gasteiger partial charge on any atom is 0.339 e. The van der Waals surface area contributed by atoms with Gasteiger partial charge in [-0.05, 0) is 50.1 Å². The van der Waals surface area contributed by atoms with E-state index in [1.54, 1.807) is 30.0 Å². The number of para-hydroxylation sites is 1. The molecule has 1 aliphatic heterocycles. The van der Waals surface area contributed by atoms with Crippen LogP contribution in [0.2, 0.25) is 0 Å². The third-order valence-corrected chi connectivity index (χ3v) is 4.48. The van der Waals surface area contributed by atoms with Crippen molar-refractivity contribution in [3.63, 3.8) is 0 Å². The van der Waals surface area contributed by atoms with Gasteiger partial charge in [-0.15, -0.1) is 0 Å². The van der Waals surface area contributed by atoms with Crippen molar-refractivity contribution in [1.29, 1.82) is 0 Å². The normalized spacial score (nSPS) is 13.7. The molecule has 1 amide bonds. The first-order valence-corrected chi connectivity index (χ1v) is 8.96. The minimum Gasteiger partial charge on any atom is -0.493 e. The van der Waals surface area contributed by atoms with Crippen molar-refractivity contribution in [3.8, 4) is 11.5 Å². The van der Waals surface area contributed by atoms with E-state index in [9.17, 15) is 9.59 Å². The van der Waals surface area contributed by atoms with E-state index in [0.717, 1.165) is 17.7 Å². The van der Waals surface area contributed by atoms with Crippen LogP contribution in [0.4, 0.5) is 5.69 Å². The van der Waals surface area contributed by atoms with Gasteiger partial charge in [-0.1, -0.05) is 18.2 Å². The van der Waals surface area contributed by atoms with Crippen LogP contribution in [-0.2, 0) is 16.0 Å². The lowest BCUT2D eigenvalue weighted by molar-refractivity contribution is -0.126. The average Bonchev–Trinajstić information content (AvgIpc) is 3.11. The summed E-state index contributed by atoms with van der Waals surface area (Å²) in [7, 11) is 1.50. The molecule has 1 aliphatic rings. The lowest BCUT2D eigenvalue weighted by atomic mass is 10.2. The molecule has 0 saturated heterocycles. The maximum atomic E-state index is 12.7. The summed E-state index contributed by atoms with van der Waals surface area (Å²) in [6.45, 7) is 4.54.